The molecule has 1 rings (SSSR count). The number of aliphatic carboxylic acids is 2. The van der Waals surface area contributed by atoms with E-state index in [2.05, 4.69) is 5.32 Å². The first-order valence-electron chi connectivity index (χ1n) is 5.33. The monoisotopic (exact) mass is 264 g/mol. The summed E-state index contributed by atoms with van der Waals surface area (Å²) >= 11 is 1.64. The van der Waals surface area contributed by atoms with E-state index < -0.39 is 18.0 Å². The summed E-state index contributed by atoms with van der Waals surface area (Å²) in [5.74, 6) is -0.787. The lowest BCUT2D eigenvalue weighted by Crippen LogP contribution is -2.43. The van der Waals surface area contributed by atoms with Gasteiger partial charge >= 0.3 is 11.9 Å². The second kappa shape index (κ2) is 7.52. The van der Waals surface area contributed by atoms with Gasteiger partial charge in [-0.05, 0) is 26.8 Å². The highest BCUT2D eigenvalue weighted by Gasteiger charge is 2.39. The molecule has 0 amide bonds. The Balaban J connectivity index is 0.000000325. The van der Waals surface area contributed by atoms with Gasteiger partial charge in [-0.25, -0.2) is 0 Å². The van der Waals surface area contributed by atoms with Crippen molar-refractivity contribution in [1.82, 2.24) is 5.32 Å². The van der Waals surface area contributed by atoms with E-state index in [-0.39, 0.29) is 11.2 Å². The Bertz CT molecular complexity index is 271. The number of thioether (sulfide) groups is 1. The average Bonchev–Trinajstić information content (AvgIpc) is 2.56. The van der Waals surface area contributed by atoms with E-state index in [1.54, 1.807) is 11.8 Å². The summed E-state index contributed by atoms with van der Waals surface area (Å²) in [6, 6.07) is -0.391. The van der Waals surface area contributed by atoms with Crippen LogP contribution < -0.4 is 11.1 Å². The smallest absolute Gasteiger partial charge is 0.322 e. The highest BCUT2D eigenvalue weighted by atomic mass is 32.2. The standard InChI is InChI=1S/C6H11NO2S.C4H9NO2/c1-6(2)4(5(8)9)7-3-10-6;5-3-1-2-4(6)7/h4,7H,3H2,1-2H3,(H,8,9);1-3,5H2,(H,6,7). The molecule has 1 atom stereocenters. The lowest BCUT2D eigenvalue weighted by molar-refractivity contribution is -0.140. The molecule has 6 nitrogen and oxygen atoms in total. The van der Waals surface area contributed by atoms with Crippen LogP contribution in [-0.2, 0) is 9.59 Å². The number of carboxylic acid groups (broad SMARTS) is 2. The molecule has 5 N–H and O–H groups in total. The van der Waals surface area contributed by atoms with E-state index in [1.807, 2.05) is 13.8 Å². The van der Waals surface area contributed by atoms with Crippen LogP contribution in [0.5, 0.6) is 0 Å². The molecular weight excluding hydrogens is 244 g/mol. The zero-order valence-electron chi connectivity index (χ0n) is 10.1. The molecule has 1 heterocycles. The van der Waals surface area contributed by atoms with Gasteiger partial charge in [0.25, 0.3) is 0 Å². The lowest BCUT2D eigenvalue weighted by atomic mass is 10.0. The third kappa shape index (κ3) is 6.50. The molecule has 0 aromatic heterocycles. The second-order valence-electron chi connectivity index (χ2n) is 4.15. The third-order valence-electron chi connectivity index (χ3n) is 2.27. The van der Waals surface area contributed by atoms with Crippen LogP contribution >= 0.6 is 11.8 Å². The average molecular weight is 264 g/mol. The SMILES string of the molecule is CC1(C)SCNC1C(=O)O.NCCCC(=O)O. The van der Waals surface area contributed by atoms with Crippen LogP contribution in [0.3, 0.4) is 0 Å². The molecule has 1 saturated heterocycles. The molecule has 1 aliphatic heterocycles. The molecule has 0 saturated carbocycles. The molecule has 17 heavy (non-hydrogen) atoms. The first kappa shape index (κ1) is 16.2. The van der Waals surface area contributed by atoms with Crippen LogP contribution in [0, 0.1) is 0 Å². The maximum absolute atomic E-state index is 10.5. The largest absolute Gasteiger partial charge is 0.481 e. The zero-order valence-corrected chi connectivity index (χ0v) is 10.9. The van der Waals surface area contributed by atoms with E-state index >= 15 is 0 Å². The lowest BCUT2D eigenvalue weighted by Gasteiger charge is -2.20. The number of rotatable bonds is 4. The summed E-state index contributed by atoms with van der Waals surface area (Å²) in [6.07, 6.45) is 0.770. The Morgan fingerprint density at radius 1 is 1.47 bits per heavy atom. The third-order valence-corrected chi connectivity index (χ3v) is 3.56. The molecule has 0 aromatic carbocycles. The predicted molar refractivity (Wildman–Crippen MR) is 67.0 cm³/mol. The molecule has 1 fully saturated rings. The molecule has 0 spiro atoms. The van der Waals surface area contributed by atoms with Crippen molar-refractivity contribution >= 4 is 23.7 Å². The van der Waals surface area contributed by atoms with Gasteiger partial charge in [-0.15, -0.1) is 11.8 Å². The van der Waals surface area contributed by atoms with Gasteiger partial charge in [-0.2, -0.15) is 0 Å². The van der Waals surface area contributed by atoms with Gasteiger partial charge in [-0.1, -0.05) is 0 Å². The van der Waals surface area contributed by atoms with E-state index in [9.17, 15) is 9.59 Å². The van der Waals surface area contributed by atoms with Crippen molar-refractivity contribution in [3.8, 4) is 0 Å². The van der Waals surface area contributed by atoms with Crippen molar-refractivity contribution in [3.05, 3.63) is 0 Å². The fraction of sp³-hybridized carbons (Fsp3) is 0.800. The number of hydrogen-bond donors (Lipinski definition) is 4. The zero-order chi connectivity index (χ0) is 13.5. The van der Waals surface area contributed by atoms with Gasteiger partial charge < -0.3 is 15.9 Å². The van der Waals surface area contributed by atoms with Crippen LogP contribution in [0.4, 0.5) is 0 Å². The van der Waals surface area contributed by atoms with Crippen molar-refractivity contribution in [3.63, 3.8) is 0 Å². The van der Waals surface area contributed by atoms with Crippen LogP contribution in [0.25, 0.3) is 0 Å². The fourth-order valence-electron chi connectivity index (χ4n) is 1.28. The summed E-state index contributed by atoms with van der Waals surface area (Å²) in [5, 5.41) is 19.6. The van der Waals surface area contributed by atoms with Crippen LogP contribution in [0.2, 0.25) is 0 Å². The van der Waals surface area contributed by atoms with Gasteiger partial charge in [0.15, 0.2) is 0 Å². The van der Waals surface area contributed by atoms with Crippen LogP contribution in [-0.4, -0.2) is 45.4 Å². The molecule has 0 aromatic rings. The van der Waals surface area contributed by atoms with Crippen molar-refractivity contribution in [1.29, 1.82) is 0 Å². The normalized spacial score (nSPS) is 21.5. The number of hydrogen-bond acceptors (Lipinski definition) is 5. The van der Waals surface area contributed by atoms with Gasteiger partial charge in [0, 0.05) is 17.0 Å². The van der Waals surface area contributed by atoms with Crippen LogP contribution in [0.15, 0.2) is 0 Å². The molecule has 100 valence electrons. The van der Waals surface area contributed by atoms with Gasteiger partial charge in [0.1, 0.15) is 6.04 Å². The Kier molecular flexibility index (Phi) is 7.17. The van der Waals surface area contributed by atoms with Gasteiger partial charge in [0.05, 0.1) is 0 Å². The minimum Gasteiger partial charge on any atom is -0.481 e. The quantitative estimate of drug-likeness (QED) is 0.578. The Morgan fingerprint density at radius 2 is 2.06 bits per heavy atom. The summed E-state index contributed by atoms with van der Waals surface area (Å²) in [4.78, 5) is 20.2. The Labute approximate surface area is 105 Å². The molecular formula is C10H20N2O4S. The number of carbonyl (C=O) groups is 2. The molecule has 0 aliphatic carbocycles. The first-order valence-corrected chi connectivity index (χ1v) is 6.32. The summed E-state index contributed by atoms with van der Waals surface area (Å²) in [5.41, 5.74) is 5.01. The van der Waals surface area contributed by atoms with Gasteiger partial charge in [0.2, 0.25) is 0 Å². The number of nitrogens with two attached hydrogens (primary N) is 1. The molecule has 1 aliphatic rings. The molecule has 0 bridgehead atoms. The fourth-order valence-corrected chi connectivity index (χ4v) is 2.25. The maximum atomic E-state index is 10.5. The molecule has 1 unspecified atom stereocenters. The molecule has 7 heteroatoms. The highest BCUT2D eigenvalue weighted by Crippen LogP contribution is 2.32. The maximum Gasteiger partial charge on any atom is 0.322 e. The predicted octanol–water partition coefficient (Wildman–Crippen LogP) is 0.322. The molecule has 0 radical (unpaired) electrons. The topological polar surface area (TPSA) is 113 Å². The second-order valence-corrected chi connectivity index (χ2v) is 5.78. The minimum absolute atomic E-state index is 0.161. The summed E-state index contributed by atoms with van der Waals surface area (Å²) in [7, 11) is 0. The minimum atomic E-state index is -0.773. The van der Waals surface area contributed by atoms with Gasteiger partial charge in [-0.3, -0.25) is 14.9 Å². The van der Waals surface area contributed by atoms with E-state index in [0.29, 0.717) is 13.0 Å². The van der Waals surface area contributed by atoms with Crippen molar-refractivity contribution < 1.29 is 19.8 Å². The van der Waals surface area contributed by atoms with E-state index in [4.69, 9.17) is 15.9 Å². The van der Waals surface area contributed by atoms with E-state index in [1.165, 1.54) is 0 Å². The summed E-state index contributed by atoms with van der Waals surface area (Å²) in [6.45, 7) is 4.35. The Hall–Kier alpha value is -0.790. The highest BCUT2D eigenvalue weighted by molar-refractivity contribution is 8.00. The first-order chi connectivity index (χ1) is 7.81. The van der Waals surface area contributed by atoms with Crippen LogP contribution in [0.1, 0.15) is 26.7 Å². The van der Waals surface area contributed by atoms with Crippen molar-refractivity contribution in [2.75, 3.05) is 12.4 Å². The Morgan fingerprint density at radius 3 is 2.24 bits per heavy atom. The number of nitrogens with one attached hydrogen (secondary N) is 1. The van der Waals surface area contributed by atoms with Crippen molar-refractivity contribution in [2.24, 2.45) is 5.73 Å². The van der Waals surface area contributed by atoms with Crippen molar-refractivity contribution in [2.45, 2.75) is 37.5 Å². The van der Waals surface area contributed by atoms with E-state index in [0.717, 1.165) is 5.88 Å². The summed E-state index contributed by atoms with van der Waals surface area (Å²) < 4.78 is -0.161. The number of carboxylic acids is 2.